The monoisotopic (exact) mass is 188 g/mol. The van der Waals surface area contributed by atoms with Gasteiger partial charge in [-0.15, -0.1) is 11.3 Å². The van der Waals surface area contributed by atoms with Crippen LogP contribution in [0.2, 0.25) is 0 Å². The molecule has 0 radical (unpaired) electrons. The number of thiophene rings is 1. The first-order chi connectivity index (χ1) is 6.18. The molecule has 66 valence electrons. The third-order valence-electron chi connectivity index (χ3n) is 2.13. The van der Waals surface area contributed by atoms with E-state index in [2.05, 4.69) is 44.7 Å². The summed E-state index contributed by atoms with van der Waals surface area (Å²) in [6, 6.07) is 8.62. The van der Waals surface area contributed by atoms with Crippen LogP contribution in [-0.4, -0.2) is 0 Å². The van der Waals surface area contributed by atoms with E-state index in [4.69, 9.17) is 0 Å². The molecule has 0 fully saturated rings. The molecule has 0 saturated carbocycles. The Morgan fingerprint density at radius 1 is 1.38 bits per heavy atom. The molecule has 2 aromatic rings. The molecule has 0 amide bonds. The van der Waals surface area contributed by atoms with Crippen molar-refractivity contribution in [1.82, 2.24) is 0 Å². The Morgan fingerprint density at radius 3 is 2.85 bits per heavy atom. The fraction of sp³-hybridized carbons (Fsp3) is 0.167. The summed E-state index contributed by atoms with van der Waals surface area (Å²) in [7, 11) is 0. The minimum atomic E-state index is 1.15. The summed E-state index contributed by atoms with van der Waals surface area (Å²) in [6.45, 7) is 8.20. The van der Waals surface area contributed by atoms with Crippen molar-refractivity contribution < 1.29 is 0 Å². The average molecular weight is 188 g/mol. The number of hydrogen-bond acceptors (Lipinski definition) is 1. The number of rotatable bonds is 1. The Labute approximate surface area is 82.5 Å². The quantitative estimate of drug-likeness (QED) is 0.628. The molecule has 0 nitrogen and oxygen atoms in total. The second kappa shape index (κ2) is 3.00. The minimum absolute atomic E-state index is 1.15. The summed E-state index contributed by atoms with van der Waals surface area (Å²) in [6.07, 6.45) is 0. The molecule has 1 heterocycles. The van der Waals surface area contributed by atoms with Crippen molar-refractivity contribution in [1.29, 1.82) is 0 Å². The van der Waals surface area contributed by atoms with Gasteiger partial charge in [0, 0.05) is 9.58 Å². The van der Waals surface area contributed by atoms with Crippen LogP contribution in [0.4, 0.5) is 0 Å². The summed E-state index contributed by atoms with van der Waals surface area (Å²) >= 11 is 1.85. The number of aryl methyl sites for hydroxylation is 1. The van der Waals surface area contributed by atoms with E-state index in [9.17, 15) is 0 Å². The van der Waals surface area contributed by atoms with Crippen LogP contribution in [0.15, 0.2) is 30.8 Å². The summed E-state index contributed by atoms with van der Waals surface area (Å²) < 4.78 is 1.37. The van der Waals surface area contributed by atoms with Crippen LogP contribution < -0.4 is 0 Å². The van der Waals surface area contributed by atoms with Gasteiger partial charge in [0.1, 0.15) is 0 Å². The summed E-state index contributed by atoms with van der Waals surface area (Å²) in [4.78, 5) is 1.36. The van der Waals surface area contributed by atoms with E-state index in [0.29, 0.717) is 0 Å². The lowest BCUT2D eigenvalue weighted by Gasteiger charge is -2.00. The molecule has 13 heavy (non-hydrogen) atoms. The van der Waals surface area contributed by atoms with Crippen LogP contribution >= 0.6 is 11.3 Å². The van der Waals surface area contributed by atoms with Gasteiger partial charge in [0.2, 0.25) is 0 Å². The lowest BCUT2D eigenvalue weighted by Crippen LogP contribution is -1.76. The molecule has 0 bridgehead atoms. The molecule has 0 spiro atoms. The highest BCUT2D eigenvalue weighted by atomic mass is 32.1. The molecule has 0 unspecified atom stereocenters. The van der Waals surface area contributed by atoms with E-state index < -0.39 is 0 Å². The van der Waals surface area contributed by atoms with Gasteiger partial charge in [0.15, 0.2) is 0 Å². The predicted molar refractivity (Wildman–Crippen MR) is 61.3 cm³/mol. The maximum atomic E-state index is 3.99. The highest BCUT2D eigenvalue weighted by Crippen LogP contribution is 2.31. The predicted octanol–water partition coefficient (Wildman–Crippen LogP) is 4.24. The molecule has 0 atom stereocenters. The van der Waals surface area contributed by atoms with Crippen molar-refractivity contribution in [3.8, 4) is 0 Å². The second-order valence-electron chi connectivity index (χ2n) is 3.36. The molecule has 0 aliphatic carbocycles. The van der Waals surface area contributed by atoms with E-state index in [1.807, 2.05) is 11.3 Å². The van der Waals surface area contributed by atoms with E-state index >= 15 is 0 Å². The average Bonchev–Trinajstić information content (AvgIpc) is 2.43. The van der Waals surface area contributed by atoms with E-state index in [1.165, 1.54) is 20.5 Å². The highest BCUT2D eigenvalue weighted by molar-refractivity contribution is 7.19. The van der Waals surface area contributed by atoms with Crippen molar-refractivity contribution in [3.63, 3.8) is 0 Å². The first-order valence-corrected chi connectivity index (χ1v) is 5.15. The molecule has 0 saturated heterocycles. The largest absolute Gasteiger partial charge is 0.140 e. The summed E-state index contributed by atoms with van der Waals surface area (Å²) in [5, 5.41) is 1.34. The fourth-order valence-corrected chi connectivity index (χ4v) is 2.63. The molecule has 0 aliphatic rings. The van der Waals surface area contributed by atoms with Crippen molar-refractivity contribution in [2.45, 2.75) is 13.8 Å². The molecular weight excluding hydrogens is 176 g/mol. The molecule has 2 rings (SSSR count). The fourth-order valence-electron chi connectivity index (χ4n) is 1.53. The summed E-state index contributed by atoms with van der Waals surface area (Å²) in [5.41, 5.74) is 2.43. The standard InChI is InChI=1S/C12H12S/c1-8(2)11-6-4-5-10-7-9(3)13-12(10)11/h4-7H,1H2,2-3H3. The zero-order valence-corrected chi connectivity index (χ0v) is 8.74. The van der Waals surface area contributed by atoms with Gasteiger partial charge in [-0.1, -0.05) is 24.8 Å². The minimum Gasteiger partial charge on any atom is -0.140 e. The first-order valence-electron chi connectivity index (χ1n) is 4.33. The lowest BCUT2D eigenvalue weighted by atomic mass is 10.1. The van der Waals surface area contributed by atoms with Gasteiger partial charge >= 0.3 is 0 Å². The van der Waals surface area contributed by atoms with Crippen molar-refractivity contribution >= 4 is 27.0 Å². The number of benzene rings is 1. The maximum absolute atomic E-state index is 3.99. The van der Waals surface area contributed by atoms with Gasteiger partial charge in [-0.25, -0.2) is 0 Å². The van der Waals surface area contributed by atoms with Crippen LogP contribution in [0.25, 0.3) is 15.7 Å². The van der Waals surface area contributed by atoms with Crippen LogP contribution in [0.1, 0.15) is 17.4 Å². The Morgan fingerprint density at radius 2 is 2.15 bits per heavy atom. The van der Waals surface area contributed by atoms with E-state index in [1.54, 1.807) is 0 Å². The Hall–Kier alpha value is -1.08. The van der Waals surface area contributed by atoms with Crippen LogP contribution in [0.3, 0.4) is 0 Å². The van der Waals surface area contributed by atoms with Crippen molar-refractivity contribution in [3.05, 3.63) is 41.3 Å². The van der Waals surface area contributed by atoms with E-state index in [0.717, 1.165) is 5.57 Å². The third kappa shape index (κ3) is 1.40. The van der Waals surface area contributed by atoms with Gasteiger partial charge in [-0.2, -0.15) is 0 Å². The zero-order valence-electron chi connectivity index (χ0n) is 7.92. The number of allylic oxidation sites excluding steroid dienone is 1. The molecule has 1 aromatic heterocycles. The molecule has 1 heteroatoms. The Balaban J connectivity index is 2.82. The summed E-state index contributed by atoms with van der Waals surface area (Å²) in [5.74, 6) is 0. The molecular formula is C12H12S. The van der Waals surface area contributed by atoms with Gasteiger partial charge in [0.25, 0.3) is 0 Å². The lowest BCUT2D eigenvalue weighted by molar-refractivity contribution is 1.65. The number of hydrogen-bond donors (Lipinski definition) is 0. The van der Waals surface area contributed by atoms with Gasteiger partial charge in [-0.3, -0.25) is 0 Å². The molecule has 0 N–H and O–H groups in total. The van der Waals surface area contributed by atoms with Crippen molar-refractivity contribution in [2.24, 2.45) is 0 Å². The van der Waals surface area contributed by atoms with Gasteiger partial charge in [0.05, 0.1) is 0 Å². The second-order valence-corrected chi connectivity index (χ2v) is 4.62. The normalized spacial score (nSPS) is 10.6. The number of fused-ring (bicyclic) bond motifs is 1. The topological polar surface area (TPSA) is 0 Å². The SMILES string of the molecule is C=C(C)c1cccc2cc(C)sc12. The van der Waals surface area contributed by atoms with Crippen LogP contribution in [-0.2, 0) is 0 Å². The van der Waals surface area contributed by atoms with Crippen LogP contribution in [0.5, 0.6) is 0 Å². The highest BCUT2D eigenvalue weighted by Gasteiger charge is 2.03. The Kier molecular flexibility index (Phi) is 1.97. The maximum Gasteiger partial charge on any atom is 0.0420 e. The molecule has 0 aliphatic heterocycles. The zero-order chi connectivity index (χ0) is 9.42. The van der Waals surface area contributed by atoms with Gasteiger partial charge in [-0.05, 0) is 36.4 Å². The van der Waals surface area contributed by atoms with Gasteiger partial charge < -0.3 is 0 Å². The molecule has 1 aromatic carbocycles. The van der Waals surface area contributed by atoms with Crippen LogP contribution in [0, 0.1) is 6.92 Å². The smallest absolute Gasteiger partial charge is 0.0420 e. The first kappa shape index (κ1) is 8.52. The van der Waals surface area contributed by atoms with Crippen molar-refractivity contribution in [2.75, 3.05) is 0 Å². The third-order valence-corrected chi connectivity index (χ3v) is 3.23. The Bertz CT molecular complexity index is 463. The van der Waals surface area contributed by atoms with E-state index in [-0.39, 0.29) is 0 Å².